The van der Waals surface area contributed by atoms with E-state index in [2.05, 4.69) is 26.6 Å². The Morgan fingerprint density at radius 2 is 1.56 bits per heavy atom. The number of rotatable bonds is 7. The first-order valence-corrected chi connectivity index (χ1v) is 12.2. The monoisotopic (exact) mass is 534 g/mol. The average Bonchev–Trinajstić information content (AvgIpc) is 2.78. The predicted molar refractivity (Wildman–Crippen MR) is 127 cm³/mol. The Morgan fingerprint density at radius 1 is 0.972 bits per heavy atom. The first kappa shape index (κ1) is 31.1. The maximum Gasteiger partial charge on any atom is 0.318 e. The Labute approximate surface area is 211 Å². The number of carbonyl (C=O) groups is 6. The predicted octanol–water partition coefficient (Wildman–Crippen LogP) is -4.63. The molecule has 0 radical (unpaired) electrons. The first-order chi connectivity index (χ1) is 16.8. The molecule has 10 N–H and O–H groups in total. The molecule has 4 unspecified atom stereocenters. The van der Waals surface area contributed by atoms with Crippen LogP contribution in [-0.4, -0.2) is 111 Å². The van der Waals surface area contributed by atoms with Crippen LogP contribution in [0.4, 0.5) is 0 Å². The Hall–Kier alpha value is -2.95. The van der Waals surface area contributed by atoms with E-state index in [0.29, 0.717) is 0 Å². The van der Waals surface area contributed by atoms with E-state index in [-0.39, 0.29) is 11.8 Å². The molecule has 1 rings (SSSR count). The molecule has 0 aromatic rings. The van der Waals surface area contributed by atoms with Crippen molar-refractivity contribution in [1.29, 1.82) is 0 Å². The third-order valence-electron chi connectivity index (χ3n) is 5.03. The highest BCUT2D eigenvalue weighted by Crippen LogP contribution is 2.18. The normalized spacial score (nSPS) is 29.1. The second kappa shape index (κ2) is 14.6. The van der Waals surface area contributed by atoms with Gasteiger partial charge < -0.3 is 47.6 Å². The number of nitrogens with one attached hydrogen (secondary N) is 5. The molecule has 36 heavy (non-hydrogen) atoms. The molecule has 1 saturated heterocycles. The summed E-state index contributed by atoms with van der Waals surface area (Å²) in [5.74, 6) is -5.99. The molecule has 0 spiro atoms. The molecule has 0 bridgehead atoms. The summed E-state index contributed by atoms with van der Waals surface area (Å²) in [4.78, 5) is 74.2. The summed E-state index contributed by atoms with van der Waals surface area (Å²) in [6, 6.07) is -6.84. The van der Waals surface area contributed by atoms with Crippen molar-refractivity contribution in [1.82, 2.24) is 26.6 Å². The lowest BCUT2D eigenvalue weighted by Gasteiger charge is -2.29. The molecule has 0 aromatic heterocycles. The first-order valence-electron chi connectivity index (χ1n) is 11.1. The fraction of sp³-hybridized carbons (Fsp3) is 0.700. The van der Waals surface area contributed by atoms with Crippen molar-refractivity contribution >= 4 is 47.3 Å². The molecule has 0 aromatic carbocycles. The second-order valence-corrected chi connectivity index (χ2v) is 9.64. The molecule has 5 amide bonds. The minimum atomic E-state index is -1.53. The van der Waals surface area contributed by atoms with E-state index < -0.39 is 90.6 Å². The fourth-order valence-corrected chi connectivity index (χ4v) is 4.39. The lowest BCUT2D eigenvalue weighted by atomic mass is 10.1. The van der Waals surface area contributed by atoms with Crippen LogP contribution >= 0.6 is 11.8 Å². The summed E-state index contributed by atoms with van der Waals surface area (Å²) < 4.78 is 0. The highest BCUT2D eigenvalue weighted by molar-refractivity contribution is 8.00. The van der Waals surface area contributed by atoms with Crippen molar-refractivity contribution < 1.29 is 44.1 Å². The van der Waals surface area contributed by atoms with E-state index in [4.69, 9.17) is 5.73 Å². The highest BCUT2D eigenvalue weighted by Gasteiger charge is 2.36. The molecule has 6 atom stereocenters. The van der Waals surface area contributed by atoms with Gasteiger partial charge in [0.25, 0.3) is 0 Å². The Morgan fingerprint density at radius 3 is 2.06 bits per heavy atom. The summed E-state index contributed by atoms with van der Waals surface area (Å²) in [5, 5.41) is 39.9. The van der Waals surface area contributed by atoms with Crippen LogP contribution < -0.4 is 32.3 Å². The molecule has 1 fully saturated rings. The molecular formula is C20H34N6O9S. The number of hydrogen-bond acceptors (Lipinski definition) is 10. The van der Waals surface area contributed by atoms with Crippen molar-refractivity contribution in [3.8, 4) is 0 Å². The zero-order chi connectivity index (χ0) is 27.6. The third kappa shape index (κ3) is 9.60. The number of thioether (sulfide) groups is 1. The maximum atomic E-state index is 12.9. The van der Waals surface area contributed by atoms with Gasteiger partial charge in [-0.1, -0.05) is 13.8 Å². The van der Waals surface area contributed by atoms with E-state index >= 15 is 0 Å². The molecular weight excluding hydrogens is 500 g/mol. The summed E-state index contributed by atoms with van der Waals surface area (Å²) in [5.41, 5.74) is 5.17. The standard InChI is InChI=1S/C20H34N6O9S/c1-8(2)22-13-7-36-15(20(34)35)11(5-27)25-17(31)10(4-14(21)29)24-16(30)9(3)23-18(32)12(6-28)26-19(13)33/h8-13,15,22,27-28H,4-7H2,1-3H3,(H2,21,29)(H,23,32)(H,24,30)(H,25,31)(H,26,33)(H,34,35)/t9-,10-,11?,12?,13?,15?/m0/s1. The Bertz CT molecular complexity index is 842. The van der Waals surface area contributed by atoms with Crippen LogP contribution in [0.3, 0.4) is 0 Å². The number of hydrogen-bond donors (Lipinski definition) is 9. The van der Waals surface area contributed by atoms with Crippen LogP contribution in [-0.2, 0) is 28.8 Å². The largest absolute Gasteiger partial charge is 0.480 e. The minimum Gasteiger partial charge on any atom is -0.480 e. The summed E-state index contributed by atoms with van der Waals surface area (Å²) >= 11 is 0.740. The fourth-order valence-electron chi connectivity index (χ4n) is 3.21. The van der Waals surface area contributed by atoms with Crippen LogP contribution in [0, 0.1) is 0 Å². The number of nitrogens with two attached hydrogens (primary N) is 1. The number of amides is 5. The van der Waals surface area contributed by atoms with Crippen LogP contribution in [0.2, 0.25) is 0 Å². The molecule has 0 aliphatic carbocycles. The summed E-state index contributed by atoms with van der Waals surface area (Å²) in [7, 11) is 0. The zero-order valence-electron chi connectivity index (χ0n) is 20.1. The van der Waals surface area contributed by atoms with Gasteiger partial charge >= 0.3 is 5.97 Å². The number of aliphatic hydroxyl groups excluding tert-OH is 2. The van der Waals surface area contributed by atoms with Gasteiger partial charge in [0.15, 0.2) is 0 Å². The third-order valence-corrected chi connectivity index (χ3v) is 6.45. The topological polar surface area (TPSA) is 249 Å². The quantitative estimate of drug-likeness (QED) is 0.150. The van der Waals surface area contributed by atoms with Crippen molar-refractivity contribution in [3.63, 3.8) is 0 Å². The van der Waals surface area contributed by atoms with Crippen LogP contribution in [0.5, 0.6) is 0 Å². The van der Waals surface area contributed by atoms with Crippen LogP contribution in [0.1, 0.15) is 27.2 Å². The smallest absolute Gasteiger partial charge is 0.318 e. The average molecular weight is 535 g/mol. The maximum absolute atomic E-state index is 12.9. The van der Waals surface area contributed by atoms with Gasteiger partial charge in [0.2, 0.25) is 29.5 Å². The lowest BCUT2D eigenvalue weighted by molar-refractivity contribution is -0.138. The molecule has 204 valence electrons. The molecule has 15 nitrogen and oxygen atoms in total. The van der Waals surface area contributed by atoms with Gasteiger partial charge in [-0.3, -0.25) is 28.8 Å². The number of carboxylic acid groups (broad SMARTS) is 1. The van der Waals surface area contributed by atoms with Gasteiger partial charge in [-0.2, -0.15) is 0 Å². The van der Waals surface area contributed by atoms with E-state index in [1.165, 1.54) is 6.92 Å². The lowest BCUT2D eigenvalue weighted by Crippen LogP contribution is -2.60. The van der Waals surface area contributed by atoms with Crippen molar-refractivity contribution in [2.45, 2.75) is 68.7 Å². The molecule has 1 aliphatic heterocycles. The second-order valence-electron chi connectivity index (χ2n) is 8.47. The molecule has 16 heteroatoms. The van der Waals surface area contributed by atoms with E-state index in [1.807, 2.05) is 0 Å². The summed E-state index contributed by atoms with van der Waals surface area (Å²) in [6.45, 7) is 3.13. The Kier molecular flexibility index (Phi) is 12.6. The number of carbonyl (C=O) groups excluding carboxylic acids is 5. The van der Waals surface area contributed by atoms with Gasteiger partial charge in [-0.25, -0.2) is 0 Å². The zero-order valence-corrected chi connectivity index (χ0v) is 21.0. The van der Waals surface area contributed by atoms with Crippen molar-refractivity contribution in [2.75, 3.05) is 19.0 Å². The van der Waals surface area contributed by atoms with Gasteiger partial charge in [-0.05, 0) is 6.92 Å². The van der Waals surface area contributed by atoms with Crippen LogP contribution in [0.15, 0.2) is 0 Å². The van der Waals surface area contributed by atoms with Crippen molar-refractivity contribution in [3.05, 3.63) is 0 Å². The SMILES string of the molecule is CC(C)NC1CSC(C(=O)O)C(CO)NC(=O)[C@H](CC(N)=O)NC(=O)[C@H](C)NC(=O)C(CO)NC1=O. The molecule has 1 aliphatic rings. The number of aliphatic hydroxyl groups is 2. The van der Waals surface area contributed by atoms with Gasteiger partial charge in [0.05, 0.1) is 31.7 Å². The number of aliphatic carboxylic acids is 1. The van der Waals surface area contributed by atoms with Gasteiger partial charge in [0, 0.05) is 11.8 Å². The van der Waals surface area contributed by atoms with E-state index in [1.54, 1.807) is 13.8 Å². The Balaban J connectivity index is 3.41. The molecule has 0 saturated carbocycles. The van der Waals surface area contributed by atoms with E-state index in [9.17, 15) is 44.1 Å². The van der Waals surface area contributed by atoms with Gasteiger partial charge in [-0.15, -0.1) is 11.8 Å². The van der Waals surface area contributed by atoms with E-state index in [0.717, 1.165) is 11.8 Å². The highest BCUT2D eigenvalue weighted by atomic mass is 32.2. The number of primary amides is 1. The summed E-state index contributed by atoms with van der Waals surface area (Å²) in [6.07, 6.45) is -0.642. The number of carboxylic acids is 1. The minimum absolute atomic E-state index is 0.148. The van der Waals surface area contributed by atoms with Crippen LogP contribution in [0.25, 0.3) is 0 Å². The molecule has 1 heterocycles. The van der Waals surface area contributed by atoms with Crippen molar-refractivity contribution in [2.24, 2.45) is 5.73 Å². The van der Waals surface area contributed by atoms with Gasteiger partial charge in [0.1, 0.15) is 23.4 Å².